The molecule has 0 saturated carbocycles. The Balaban J connectivity index is 2.17. The van der Waals surface area contributed by atoms with E-state index in [4.69, 9.17) is 14.3 Å². The molecule has 0 atom stereocenters. The second kappa shape index (κ2) is 5.71. The van der Waals surface area contributed by atoms with E-state index in [-0.39, 0.29) is 12.0 Å². The predicted molar refractivity (Wildman–Crippen MR) is 78.8 cm³/mol. The summed E-state index contributed by atoms with van der Waals surface area (Å²) in [5.74, 6) is 2.16. The lowest BCUT2D eigenvalue weighted by Crippen LogP contribution is -2.13. The molecule has 20 heavy (non-hydrogen) atoms. The first-order valence-corrected chi connectivity index (χ1v) is 6.82. The molecule has 1 heterocycles. The maximum absolute atomic E-state index is 8.98. The van der Waals surface area contributed by atoms with Crippen molar-refractivity contribution in [1.82, 2.24) is 0 Å². The number of furan rings is 1. The Morgan fingerprint density at radius 3 is 2.40 bits per heavy atom. The quantitative estimate of drug-likeness (QED) is 0.917. The number of hydrogen-bond donors (Lipinski definition) is 1. The third kappa shape index (κ3) is 3.42. The van der Waals surface area contributed by atoms with Crippen molar-refractivity contribution in [1.29, 1.82) is 0 Å². The minimum Gasteiger partial charge on any atom is -0.485 e. The maximum Gasteiger partial charge on any atom is 0.146 e. The molecule has 3 heteroatoms. The van der Waals surface area contributed by atoms with E-state index < -0.39 is 0 Å². The van der Waals surface area contributed by atoms with E-state index in [0.29, 0.717) is 12.4 Å². The summed E-state index contributed by atoms with van der Waals surface area (Å²) in [5, 5.41) is 8.98. The summed E-state index contributed by atoms with van der Waals surface area (Å²) < 4.78 is 11.3. The first-order chi connectivity index (χ1) is 9.40. The zero-order chi connectivity index (χ0) is 14.8. The fourth-order valence-electron chi connectivity index (χ4n) is 2.09. The van der Waals surface area contributed by atoms with Crippen LogP contribution in [0, 0.1) is 6.92 Å². The summed E-state index contributed by atoms with van der Waals surface area (Å²) >= 11 is 0. The van der Waals surface area contributed by atoms with Gasteiger partial charge in [-0.1, -0.05) is 38.5 Å². The molecule has 0 unspecified atom stereocenters. The highest BCUT2D eigenvalue weighted by molar-refractivity contribution is 5.41. The zero-order valence-electron chi connectivity index (χ0n) is 12.6. The number of hydrogen-bond acceptors (Lipinski definition) is 3. The van der Waals surface area contributed by atoms with E-state index in [1.807, 2.05) is 18.2 Å². The minimum absolute atomic E-state index is 0.0285. The molecular formula is C17H22O3. The molecule has 0 bridgehead atoms. The summed E-state index contributed by atoms with van der Waals surface area (Å²) in [6.45, 7) is 8.88. The maximum atomic E-state index is 8.98. The van der Waals surface area contributed by atoms with Gasteiger partial charge in [-0.15, -0.1) is 0 Å². The summed E-state index contributed by atoms with van der Waals surface area (Å²) in [6, 6.07) is 9.81. The van der Waals surface area contributed by atoms with Gasteiger partial charge in [0.1, 0.15) is 30.5 Å². The molecule has 0 aliphatic heterocycles. The van der Waals surface area contributed by atoms with E-state index >= 15 is 0 Å². The van der Waals surface area contributed by atoms with Crippen molar-refractivity contribution in [2.75, 3.05) is 0 Å². The highest BCUT2D eigenvalue weighted by atomic mass is 16.5. The van der Waals surface area contributed by atoms with E-state index in [9.17, 15) is 0 Å². The van der Waals surface area contributed by atoms with Gasteiger partial charge in [-0.05, 0) is 36.1 Å². The third-order valence-electron chi connectivity index (χ3n) is 3.19. The van der Waals surface area contributed by atoms with Crippen molar-refractivity contribution >= 4 is 0 Å². The molecular weight excluding hydrogens is 252 g/mol. The summed E-state index contributed by atoms with van der Waals surface area (Å²) in [4.78, 5) is 0. The van der Waals surface area contributed by atoms with Crippen molar-refractivity contribution < 1.29 is 14.3 Å². The Labute approximate surface area is 120 Å². The molecule has 108 valence electrons. The Bertz CT molecular complexity index is 576. The van der Waals surface area contributed by atoms with Gasteiger partial charge in [-0.2, -0.15) is 0 Å². The molecule has 2 aromatic rings. The lowest BCUT2D eigenvalue weighted by atomic mass is 9.85. The normalized spacial score (nSPS) is 11.7. The summed E-state index contributed by atoms with van der Waals surface area (Å²) in [5.41, 5.74) is 2.44. The topological polar surface area (TPSA) is 42.6 Å². The largest absolute Gasteiger partial charge is 0.485 e. The van der Waals surface area contributed by atoms with Crippen LogP contribution in [0.3, 0.4) is 0 Å². The van der Waals surface area contributed by atoms with Crippen LogP contribution in [0.25, 0.3) is 0 Å². The summed E-state index contributed by atoms with van der Waals surface area (Å²) in [6.07, 6.45) is 0. The highest BCUT2D eigenvalue weighted by Gasteiger charge is 2.19. The van der Waals surface area contributed by atoms with Crippen LogP contribution in [0.2, 0.25) is 0 Å². The van der Waals surface area contributed by atoms with Crippen molar-refractivity contribution in [3.05, 3.63) is 53.0 Å². The first kappa shape index (κ1) is 14.7. The third-order valence-corrected chi connectivity index (χ3v) is 3.19. The second-order valence-electron chi connectivity index (χ2n) is 6.06. The fraction of sp³-hybridized carbons (Fsp3) is 0.412. The average Bonchev–Trinajstić information content (AvgIpc) is 2.84. The van der Waals surface area contributed by atoms with Gasteiger partial charge >= 0.3 is 0 Å². The number of aliphatic hydroxyl groups excluding tert-OH is 1. The number of aryl methyl sites for hydroxylation is 1. The molecule has 1 aromatic carbocycles. The van der Waals surface area contributed by atoms with Crippen LogP contribution in [0.1, 0.15) is 43.4 Å². The molecule has 3 nitrogen and oxygen atoms in total. The monoisotopic (exact) mass is 274 g/mol. The minimum atomic E-state index is -0.0855. The molecule has 1 aromatic heterocycles. The molecule has 1 N–H and O–H groups in total. The van der Waals surface area contributed by atoms with Crippen LogP contribution in [0.4, 0.5) is 0 Å². The van der Waals surface area contributed by atoms with Crippen molar-refractivity contribution in [2.24, 2.45) is 0 Å². The molecule has 0 aliphatic carbocycles. The lowest BCUT2D eigenvalue weighted by Gasteiger charge is -2.23. The van der Waals surface area contributed by atoms with E-state index in [2.05, 4.69) is 33.8 Å². The Morgan fingerprint density at radius 2 is 1.80 bits per heavy atom. The van der Waals surface area contributed by atoms with Crippen molar-refractivity contribution in [3.8, 4) is 5.75 Å². The van der Waals surface area contributed by atoms with Gasteiger partial charge in [0, 0.05) is 0 Å². The van der Waals surface area contributed by atoms with Crippen molar-refractivity contribution in [2.45, 2.75) is 46.3 Å². The first-order valence-electron chi connectivity index (χ1n) is 6.82. The van der Waals surface area contributed by atoms with Gasteiger partial charge in [0.05, 0.1) is 0 Å². The Hall–Kier alpha value is -1.74. The fourth-order valence-corrected chi connectivity index (χ4v) is 2.09. The predicted octanol–water partition coefficient (Wildman–Crippen LogP) is 3.96. The second-order valence-corrected chi connectivity index (χ2v) is 6.06. The van der Waals surface area contributed by atoms with E-state index in [0.717, 1.165) is 11.5 Å². The highest BCUT2D eigenvalue weighted by Crippen LogP contribution is 2.32. The number of rotatable bonds is 4. The van der Waals surface area contributed by atoms with Crippen LogP contribution in [-0.4, -0.2) is 5.11 Å². The van der Waals surface area contributed by atoms with Gasteiger partial charge < -0.3 is 14.3 Å². The van der Waals surface area contributed by atoms with Gasteiger partial charge in [0.25, 0.3) is 0 Å². The van der Waals surface area contributed by atoms with Crippen LogP contribution in [0.5, 0.6) is 5.75 Å². The summed E-state index contributed by atoms with van der Waals surface area (Å²) in [7, 11) is 0. The van der Waals surface area contributed by atoms with Crippen LogP contribution in [0.15, 0.2) is 34.7 Å². The molecule has 0 amide bonds. The van der Waals surface area contributed by atoms with Gasteiger partial charge in [0.15, 0.2) is 0 Å². The molecule has 0 aliphatic rings. The number of ether oxygens (including phenoxy) is 1. The SMILES string of the molecule is Cc1ccc(OCc2ccc(CO)o2)c(C(C)(C)C)c1. The molecule has 0 saturated heterocycles. The van der Waals surface area contributed by atoms with Crippen LogP contribution < -0.4 is 4.74 Å². The smallest absolute Gasteiger partial charge is 0.146 e. The zero-order valence-corrected chi connectivity index (χ0v) is 12.6. The molecule has 2 rings (SSSR count). The van der Waals surface area contributed by atoms with Crippen molar-refractivity contribution in [3.63, 3.8) is 0 Å². The molecule has 0 spiro atoms. The van der Waals surface area contributed by atoms with Crippen LogP contribution in [-0.2, 0) is 18.6 Å². The Kier molecular flexibility index (Phi) is 4.19. The molecule has 0 radical (unpaired) electrons. The number of benzene rings is 1. The van der Waals surface area contributed by atoms with E-state index in [1.54, 1.807) is 6.07 Å². The van der Waals surface area contributed by atoms with Gasteiger partial charge in [-0.3, -0.25) is 0 Å². The number of aliphatic hydroxyl groups is 1. The van der Waals surface area contributed by atoms with E-state index in [1.165, 1.54) is 11.1 Å². The standard InChI is InChI=1S/C17H22O3/c1-12-5-8-16(15(9-12)17(2,3)4)19-11-14-7-6-13(10-18)20-14/h5-9,18H,10-11H2,1-4H3. The van der Waals surface area contributed by atoms with Gasteiger partial charge in [0.2, 0.25) is 0 Å². The van der Waals surface area contributed by atoms with Crippen LogP contribution >= 0.6 is 0 Å². The lowest BCUT2D eigenvalue weighted by molar-refractivity contribution is 0.223. The van der Waals surface area contributed by atoms with Gasteiger partial charge in [-0.25, -0.2) is 0 Å². The molecule has 0 fully saturated rings. The Morgan fingerprint density at radius 1 is 1.10 bits per heavy atom. The average molecular weight is 274 g/mol.